The second kappa shape index (κ2) is 10.2. The predicted octanol–water partition coefficient (Wildman–Crippen LogP) is 1.37. The summed E-state index contributed by atoms with van der Waals surface area (Å²) < 4.78 is 7.42. The summed E-state index contributed by atoms with van der Waals surface area (Å²) in [5, 5.41) is 3.51. The molecule has 0 saturated carbocycles. The van der Waals surface area contributed by atoms with Crippen LogP contribution in [0.25, 0.3) is 5.82 Å². The Labute approximate surface area is 183 Å². The summed E-state index contributed by atoms with van der Waals surface area (Å²) in [6, 6.07) is 4.64. The van der Waals surface area contributed by atoms with Crippen molar-refractivity contribution < 1.29 is 4.74 Å². The molecule has 0 aliphatic carbocycles. The van der Waals surface area contributed by atoms with Gasteiger partial charge in [-0.2, -0.15) is 0 Å². The summed E-state index contributed by atoms with van der Waals surface area (Å²) in [7, 11) is 1.85. The van der Waals surface area contributed by atoms with Crippen LogP contribution in [0.1, 0.15) is 12.0 Å². The Kier molecular flexibility index (Phi) is 7.63. The highest BCUT2D eigenvalue weighted by Gasteiger charge is 2.30. The van der Waals surface area contributed by atoms with Gasteiger partial charge in [0.15, 0.2) is 5.96 Å². The number of halogens is 1. The van der Waals surface area contributed by atoms with Crippen molar-refractivity contribution in [3.63, 3.8) is 0 Å². The van der Waals surface area contributed by atoms with Gasteiger partial charge in [0.2, 0.25) is 0 Å². The van der Waals surface area contributed by atoms with Crippen LogP contribution in [0, 0.1) is 0 Å². The number of nitrogens with zero attached hydrogens (tertiary/aromatic N) is 6. The SMILES string of the molecule is CN=C(NCc1cccnc1-n1ccnc1)N1CCC(N2CCOCC2)C1.I. The molecule has 0 radical (unpaired) electrons. The maximum absolute atomic E-state index is 5.48. The third kappa shape index (κ3) is 4.81. The molecular weight excluding hydrogens is 469 g/mol. The fourth-order valence-electron chi connectivity index (χ4n) is 3.87. The number of aromatic nitrogens is 3. The minimum absolute atomic E-state index is 0. The molecule has 2 aromatic heterocycles. The lowest BCUT2D eigenvalue weighted by Gasteiger charge is -2.32. The standard InChI is InChI=1S/C19H27N7O.HI/c1-20-19(25-7-4-17(14-25)24-9-11-27-12-10-24)23-13-16-3-2-5-22-18(16)26-8-6-21-15-26;/h2-3,5-6,8,15,17H,4,7,9-14H2,1H3,(H,20,23);1H. The van der Waals surface area contributed by atoms with Crippen LogP contribution in [-0.4, -0.2) is 82.8 Å². The third-order valence-electron chi connectivity index (χ3n) is 5.29. The van der Waals surface area contributed by atoms with Gasteiger partial charge in [0, 0.05) is 70.0 Å². The van der Waals surface area contributed by atoms with E-state index in [0.717, 1.165) is 56.7 Å². The first-order valence-corrected chi connectivity index (χ1v) is 9.55. The van der Waals surface area contributed by atoms with Crippen molar-refractivity contribution in [3.05, 3.63) is 42.6 Å². The molecule has 0 spiro atoms. The molecule has 2 aliphatic rings. The van der Waals surface area contributed by atoms with Crippen molar-refractivity contribution in [2.75, 3.05) is 46.4 Å². The molecule has 1 N–H and O–H groups in total. The van der Waals surface area contributed by atoms with Gasteiger partial charge < -0.3 is 15.0 Å². The van der Waals surface area contributed by atoms with Gasteiger partial charge in [-0.15, -0.1) is 24.0 Å². The summed E-state index contributed by atoms with van der Waals surface area (Å²) in [5.41, 5.74) is 1.11. The number of guanidine groups is 1. The molecule has 8 nitrogen and oxygen atoms in total. The lowest BCUT2D eigenvalue weighted by molar-refractivity contribution is 0.0195. The molecule has 2 saturated heterocycles. The van der Waals surface area contributed by atoms with E-state index in [0.29, 0.717) is 12.6 Å². The van der Waals surface area contributed by atoms with Crippen LogP contribution in [0.2, 0.25) is 0 Å². The first kappa shape index (κ1) is 21.0. The van der Waals surface area contributed by atoms with Gasteiger partial charge in [0.25, 0.3) is 0 Å². The molecule has 0 aromatic carbocycles. The highest BCUT2D eigenvalue weighted by Crippen LogP contribution is 2.17. The number of rotatable bonds is 4. The molecule has 2 aliphatic heterocycles. The number of likely N-dealkylation sites (tertiary alicyclic amines) is 1. The summed E-state index contributed by atoms with van der Waals surface area (Å²) in [4.78, 5) is 18.0. The maximum Gasteiger partial charge on any atom is 0.193 e. The fraction of sp³-hybridized carbons (Fsp3) is 0.526. The first-order valence-electron chi connectivity index (χ1n) is 9.55. The number of aliphatic imine (C=N–C) groups is 1. The topological polar surface area (TPSA) is 70.8 Å². The molecule has 4 rings (SSSR count). The van der Waals surface area contributed by atoms with Crippen molar-refractivity contribution >= 4 is 29.9 Å². The Morgan fingerprint density at radius 3 is 2.89 bits per heavy atom. The zero-order chi connectivity index (χ0) is 18.5. The van der Waals surface area contributed by atoms with Gasteiger partial charge in [-0.25, -0.2) is 9.97 Å². The Hall–Kier alpha value is -1.72. The van der Waals surface area contributed by atoms with Crippen molar-refractivity contribution in [2.24, 2.45) is 4.99 Å². The van der Waals surface area contributed by atoms with E-state index >= 15 is 0 Å². The summed E-state index contributed by atoms with van der Waals surface area (Å²) in [6.45, 7) is 6.49. The molecule has 1 unspecified atom stereocenters. The smallest absolute Gasteiger partial charge is 0.193 e. The molecule has 0 amide bonds. The van der Waals surface area contributed by atoms with Gasteiger partial charge in [-0.1, -0.05) is 6.07 Å². The first-order chi connectivity index (χ1) is 13.3. The van der Waals surface area contributed by atoms with Crippen LogP contribution in [0.15, 0.2) is 42.0 Å². The van der Waals surface area contributed by atoms with Gasteiger partial charge in [0.1, 0.15) is 12.1 Å². The van der Waals surface area contributed by atoms with Crippen molar-refractivity contribution in [1.82, 2.24) is 29.7 Å². The zero-order valence-electron chi connectivity index (χ0n) is 16.2. The normalized spacial score (nSPS) is 20.8. The van der Waals surface area contributed by atoms with Crippen LogP contribution in [0.3, 0.4) is 0 Å². The molecular formula is C19H28IN7O. The molecule has 152 valence electrons. The molecule has 2 fully saturated rings. The third-order valence-corrected chi connectivity index (χ3v) is 5.29. The van der Waals surface area contributed by atoms with Crippen LogP contribution in [0.5, 0.6) is 0 Å². The van der Waals surface area contributed by atoms with Crippen LogP contribution < -0.4 is 5.32 Å². The van der Waals surface area contributed by atoms with Crippen LogP contribution >= 0.6 is 24.0 Å². The van der Waals surface area contributed by atoms with E-state index in [1.54, 1.807) is 18.7 Å². The van der Waals surface area contributed by atoms with Crippen LogP contribution in [0.4, 0.5) is 0 Å². The quantitative estimate of drug-likeness (QED) is 0.391. The molecule has 9 heteroatoms. The van der Waals surface area contributed by atoms with Gasteiger partial charge in [-0.05, 0) is 12.5 Å². The largest absolute Gasteiger partial charge is 0.379 e. The van der Waals surface area contributed by atoms with Crippen LogP contribution in [-0.2, 0) is 11.3 Å². The second-order valence-corrected chi connectivity index (χ2v) is 6.89. The maximum atomic E-state index is 5.48. The molecule has 0 bridgehead atoms. The molecule has 2 aromatic rings. The summed E-state index contributed by atoms with van der Waals surface area (Å²) >= 11 is 0. The van der Waals surface area contributed by atoms with E-state index in [4.69, 9.17) is 4.74 Å². The van der Waals surface area contributed by atoms with Gasteiger partial charge in [0.05, 0.1) is 13.2 Å². The van der Waals surface area contributed by atoms with E-state index in [1.807, 2.05) is 23.9 Å². The highest BCUT2D eigenvalue weighted by molar-refractivity contribution is 14.0. The van der Waals surface area contributed by atoms with Crippen molar-refractivity contribution in [2.45, 2.75) is 19.0 Å². The van der Waals surface area contributed by atoms with E-state index in [2.05, 4.69) is 36.1 Å². The fourth-order valence-corrected chi connectivity index (χ4v) is 3.87. The second-order valence-electron chi connectivity index (χ2n) is 6.89. The van der Waals surface area contributed by atoms with Crippen molar-refractivity contribution in [3.8, 4) is 5.82 Å². The van der Waals surface area contributed by atoms with E-state index < -0.39 is 0 Å². The number of nitrogens with one attached hydrogen (secondary N) is 1. The minimum Gasteiger partial charge on any atom is -0.379 e. The van der Waals surface area contributed by atoms with E-state index in [9.17, 15) is 0 Å². The Bertz CT molecular complexity index is 761. The highest BCUT2D eigenvalue weighted by atomic mass is 127. The number of hydrogen-bond acceptors (Lipinski definition) is 5. The Morgan fingerprint density at radius 1 is 1.29 bits per heavy atom. The number of ether oxygens (including phenoxy) is 1. The Balaban J connectivity index is 0.00000225. The molecule has 4 heterocycles. The minimum atomic E-state index is 0. The number of imidazole rings is 1. The lowest BCUT2D eigenvalue weighted by atomic mass is 10.2. The summed E-state index contributed by atoms with van der Waals surface area (Å²) in [6.07, 6.45) is 8.43. The number of morpholine rings is 1. The molecule has 1 atom stereocenters. The average molecular weight is 497 g/mol. The summed E-state index contributed by atoms with van der Waals surface area (Å²) in [5.74, 6) is 1.84. The Morgan fingerprint density at radius 2 is 2.14 bits per heavy atom. The monoisotopic (exact) mass is 497 g/mol. The number of hydrogen-bond donors (Lipinski definition) is 1. The van der Waals surface area contributed by atoms with E-state index in [1.165, 1.54) is 6.42 Å². The number of pyridine rings is 1. The van der Waals surface area contributed by atoms with Gasteiger partial charge in [-0.3, -0.25) is 14.5 Å². The zero-order valence-corrected chi connectivity index (χ0v) is 18.5. The van der Waals surface area contributed by atoms with Crippen molar-refractivity contribution in [1.29, 1.82) is 0 Å². The predicted molar refractivity (Wildman–Crippen MR) is 119 cm³/mol. The lowest BCUT2D eigenvalue weighted by Crippen LogP contribution is -2.46. The van der Waals surface area contributed by atoms with E-state index in [-0.39, 0.29) is 24.0 Å². The van der Waals surface area contributed by atoms with Gasteiger partial charge >= 0.3 is 0 Å². The molecule has 28 heavy (non-hydrogen) atoms. The average Bonchev–Trinajstić information content (AvgIpc) is 3.42.